The van der Waals surface area contributed by atoms with Gasteiger partial charge in [0.25, 0.3) is 5.56 Å². The lowest BCUT2D eigenvalue weighted by atomic mass is 10.1. The minimum absolute atomic E-state index is 0.100. The molecule has 1 saturated heterocycles. The number of aromatic nitrogens is 3. The fraction of sp³-hybridized carbons (Fsp3) is 0.286. The van der Waals surface area contributed by atoms with Crippen LogP contribution in [0.15, 0.2) is 39.7 Å². The van der Waals surface area contributed by atoms with Crippen LogP contribution in [-0.4, -0.2) is 21.1 Å². The fourth-order valence-corrected chi connectivity index (χ4v) is 2.68. The van der Waals surface area contributed by atoms with Crippen LogP contribution < -0.4 is 10.9 Å². The van der Waals surface area contributed by atoms with Crippen LogP contribution in [0, 0.1) is 0 Å². The van der Waals surface area contributed by atoms with E-state index in [0.717, 1.165) is 30.8 Å². The molecule has 4 rings (SSSR count). The third kappa shape index (κ3) is 1.77. The normalized spacial score (nSPS) is 18.9. The summed E-state index contributed by atoms with van der Waals surface area (Å²) in [6.07, 6.45) is 3.75. The second-order valence-electron chi connectivity index (χ2n) is 5.01. The topological polar surface area (TPSA) is 75.3 Å². The molecule has 6 nitrogen and oxygen atoms in total. The fourth-order valence-electron chi connectivity index (χ4n) is 2.68. The summed E-state index contributed by atoms with van der Waals surface area (Å²) in [5.74, 6) is 0.690. The summed E-state index contributed by atoms with van der Waals surface area (Å²) in [5.41, 5.74) is 2.08. The van der Waals surface area contributed by atoms with Gasteiger partial charge < -0.3 is 9.73 Å². The Morgan fingerprint density at radius 2 is 2.35 bits per heavy atom. The van der Waals surface area contributed by atoms with Gasteiger partial charge in [0, 0.05) is 18.2 Å². The van der Waals surface area contributed by atoms with E-state index >= 15 is 0 Å². The molecule has 0 radical (unpaired) electrons. The molecule has 3 aromatic rings. The standard InChI is InChI=1S/C14H14N4O2/c19-14-8-10(9-3-1-5-15-9)16-13-7-11(17-18(13)14)12-4-2-6-20-12/h2,4,6-9,15,17H,1,3,5H2. The minimum atomic E-state index is -0.100. The quantitative estimate of drug-likeness (QED) is 0.743. The van der Waals surface area contributed by atoms with Crippen LogP contribution in [0.3, 0.4) is 0 Å². The Morgan fingerprint density at radius 1 is 1.40 bits per heavy atom. The number of rotatable bonds is 2. The number of hydrogen-bond acceptors (Lipinski definition) is 4. The average Bonchev–Trinajstić information content (AvgIpc) is 3.19. The number of furan rings is 1. The molecule has 0 amide bonds. The molecule has 0 aromatic carbocycles. The van der Waals surface area contributed by atoms with Crippen molar-refractivity contribution >= 4 is 5.65 Å². The molecule has 0 spiro atoms. The van der Waals surface area contributed by atoms with Gasteiger partial charge in [0.1, 0.15) is 5.69 Å². The Bertz CT molecular complexity index is 794. The molecule has 1 aliphatic heterocycles. The predicted molar refractivity (Wildman–Crippen MR) is 73.5 cm³/mol. The molecule has 6 heteroatoms. The highest BCUT2D eigenvalue weighted by Gasteiger charge is 2.19. The molecule has 2 N–H and O–H groups in total. The first-order valence-corrected chi connectivity index (χ1v) is 6.71. The third-order valence-electron chi connectivity index (χ3n) is 3.67. The van der Waals surface area contributed by atoms with Crippen molar-refractivity contribution in [3.05, 3.63) is 46.6 Å². The van der Waals surface area contributed by atoms with Gasteiger partial charge in [0.15, 0.2) is 11.4 Å². The van der Waals surface area contributed by atoms with Crippen LogP contribution in [0.5, 0.6) is 0 Å². The van der Waals surface area contributed by atoms with Gasteiger partial charge >= 0.3 is 0 Å². The van der Waals surface area contributed by atoms with E-state index in [1.54, 1.807) is 12.3 Å². The van der Waals surface area contributed by atoms with Gasteiger partial charge in [-0.2, -0.15) is 0 Å². The third-order valence-corrected chi connectivity index (χ3v) is 3.67. The first kappa shape index (κ1) is 11.5. The lowest BCUT2D eigenvalue weighted by Gasteiger charge is -2.08. The summed E-state index contributed by atoms with van der Waals surface area (Å²) >= 11 is 0. The number of nitrogens with one attached hydrogen (secondary N) is 2. The zero-order valence-electron chi connectivity index (χ0n) is 10.8. The van der Waals surface area contributed by atoms with Gasteiger partial charge in [-0.05, 0) is 31.5 Å². The van der Waals surface area contributed by atoms with Crippen LogP contribution in [0.2, 0.25) is 0 Å². The zero-order chi connectivity index (χ0) is 13.5. The van der Waals surface area contributed by atoms with E-state index in [1.165, 1.54) is 4.52 Å². The lowest BCUT2D eigenvalue weighted by molar-refractivity contribution is 0.579. The van der Waals surface area contributed by atoms with E-state index in [4.69, 9.17) is 4.42 Å². The first-order chi connectivity index (χ1) is 9.81. The van der Waals surface area contributed by atoms with E-state index in [0.29, 0.717) is 11.4 Å². The van der Waals surface area contributed by atoms with Crippen molar-refractivity contribution in [3.8, 4) is 11.5 Å². The van der Waals surface area contributed by atoms with Gasteiger partial charge in [-0.1, -0.05) is 0 Å². The smallest absolute Gasteiger partial charge is 0.272 e. The van der Waals surface area contributed by atoms with E-state index in [1.807, 2.05) is 18.2 Å². The van der Waals surface area contributed by atoms with Crippen LogP contribution in [-0.2, 0) is 0 Å². The Hall–Kier alpha value is -2.34. The van der Waals surface area contributed by atoms with Crippen molar-refractivity contribution < 1.29 is 4.42 Å². The van der Waals surface area contributed by atoms with E-state index in [9.17, 15) is 4.79 Å². The molecule has 4 heterocycles. The van der Waals surface area contributed by atoms with Crippen molar-refractivity contribution in [2.24, 2.45) is 0 Å². The van der Waals surface area contributed by atoms with Crippen molar-refractivity contribution in [1.29, 1.82) is 0 Å². The maximum atomic E-state index is 12.2. The maximum absolute atomic E-state index is 12.2. The number of aromatic amines is 1. The summed E-state index contributed by atoms with van der Waals surface area (Å²) in [4.78, 5) is 16.7. The van der Waals surface area contributed by atoms with Crippen LogP contribution >= 0.6 is 0 Å². The molecule has 0 aliphatic carbocycles. The second-order valence-corrected chi connectivity index (χ2v) is 5.01. The summed E-state index contributed by atoms with van der Waals surface area (Å²) < 4.78 is 6.77. The minimum Gasteiger partial charge on any atom is -0.463 e. The molecule has 20 heavy (non-hydrogen) atoms. The van der Waals surface area contributed by atoms with Crippen molar-refractivity contribution in [2.75, 3.05) is 6.54 Å². The van der Waals surface area contributed by atoms with Crippen LogP contribution in [0.25, 0.3) is 17.1 Å². The molecule has 1 fully saturated rings. The van der Waals surface area contributed by atoms with Crippen molar-refractivity contribution in [1.82, 2.24) is 19.9 Å². The predicted octanol–water partition coefficient (Wildman–Crippen LogP) is 1.71. The number of fused-ring (bicyclic) bond motifs is 1. The van der Waals surface area contributed by atoms with Gasteiger partial charge in [-0.15, -0.1) is 0 Å². The molecular formula is C14H14N4O2. The molecule has 1 aliphatic rings. The SMILES string of the molecule is O=c1cc(C2CCCN2)nc2cc(-c3ccco3)[nH]n12. The van der Waals surface area contributed by atoms with Gasteiger partial charge in [-0.3, -0.25) is 9.89 Å². The van der Waals surface area contributed by atoms with Crippen LogP contribution in [0.4, 0.5) is 0 Å². The molecule has 1 unspecified atom stereocenters. The second kappa shape index (κ2) is 4.35. The van der Waals surface area contributed by atoms with Crippen molar-refractivity contribution in [2.45, 2.75) is 18.9 Å². The molecule has 1 atom stereocenters. The summed E-state index contributed by atoms with van der Waals surface area (Å²) in [5, 5.41) is 6.37. The average molecular weight is 270 g/mol. The number of hydrogen-bond donors (Lipinski definition) is 2. The molecule has 0 saturated carbocycles. The Kier molecular flexibility index (Phi) is 2.50. The largest absolute Gasteiger partial charge is 0.463 e. The molecule has 3 aromatic heterocycles. The number of H-pyrrole nitrogens is 1. The lowest BCUT2D eigenvalue weighted by Crippen LogP contribution is -2.20. The first-order valence-electron chi connectivity index (χ1n) is 6.71. The molecule has 102 valence electrons. The van der Waals surface area contributed by atoms with Crippen molar-refractivity contribution in [3.63, 3.8) is 0 Å². The maximum Gasteiger partial charge on any atom is 0.272 e. The van der Waals surface area contributed by atoms with Gasteiger partial charge in [0.2, 0.25) is 0 Å². The number of nitrogens with zero attached hydrogens (tertiary/aromatic N) is 2. The van der Waals surface area contributed by atoms with Crippen LogP contribution in [0.1, 0.15) is 24.6 Å². The zero-order valence-corrected chi connectivity index (χ0v) is 10.8. The summed E-state index contributed by atoms with van der Waals surface area (Å²) in [7, 11) is 0. The van der Waals surface area contributed by atoms with E-state index in [-0.39, 0.29) is 11.6 Å². The Balaban J connectivity index is 1.85. The summed E-state index contributed by atoms with van der Waals surface area (Å²) in [6, 6.07) is 7.27. The van der Waals surface area contributed by atoms with E-state index in [2.05, 4.69) is 15.4 Å². The van der Waals surface area contributed by atoms with Gasteiger partial charge in [-0.25, -0.2) is 9.50 Å². The van der Waals surface area contributed by atoms with Gasteiger partial charge in [0.05, 0.1) is 12.0 Å². The monoisotopic (exact) mass is 270 g/mol. The Morgan fingerprint density at radius 3 is 3.10 bits per heavy atom. The summed E-state index contributed by atoms with van der Waals surface area (Å²) in [6.45, 7) is 0.983. The highest BCUT2D eigenvalue weighted by molar-refractivity contribution is 5.59. The van der Waals surface area contributed by atoms with E-state index < -0.39 is 0 Å². The molecule has 0 bridgehead atoms. The Labute approximate surface area is 114 Å². The highest BCUT2D eigenvalue weighted by Crippen LogP contribution is 2.22. The highest BCUT2D eigenvalue weighted by atomic mass is 16.3. The molecular weight excluding hydrogens is 256 g/mol.